The molecule has 1 aromatic rings. The summed E-state index contributed by atoms with van der Waals surface area (Å²) in [5.41, 5.74) is 0.964. The molecule has 6 heteroatoms. The fourth-order valence-electron chi connectivity index (χ4n) is 2.31. The summed E-state index contributed by atoms with van der Waals surface area (Å²) in [4.78, 5) is 25.7. The number of carbonyl (C=O) groups is 2. The second-order valence-corrected chi connectivity index (χ2v) is 5.36. The van der Waals surface area contributed by atoms with Crippen molar-refractivity contribution in [1.29, 1.82) is 0 Å². The zero-order valence-electron chi connectivity index (χ0n) is 12.0. The Morgan fingerprint density at radius 3 is 2.81 bits per heavy atom. The number of halogens is 1. The molecule has 114 valence electrons. The summed E-state index contributed by atoms with van der Waals surface area (Å²) in [6, 6.07) is 6.79. The van der Waals surface area contributed by atoms with Gasteiger partial charge in [0.2, 0.25) is 5.91 Å². The highest BCUT2D eigenvalue weighted by Gasteiger charge is 2.32. The SMILES string of the molecule is CCN1CCOC(=O)C1CC(=O)NCc1ccc(Cl)cc1. The van der Waals surface area contributed by atoms with Crippen molar-refractivity contribution in [2.24, 2.45) is 0 Å². The van der Waals surface area contributed by atoms with Crippen LogP contribution in [0.25, 0.3) is 0 Å². The summed E-state index contributed by atoms with van der Waals surface area (Å²) >= 11 is 5.81. The zero-order chi connectivity index (χ0) is 15.2. The standard InChI is InChI=1S/C15H19ClN2O3/c1-2-18-7-8-21-15(20)13(18)9-14(19)17-10-11-3-5-12(16)6-4-11/h3-6,13H,2,7-10H2,1H3,(H,17,19). The van der Waals surface area contributed by atoms with Crippen LogP contribution in [0.1, 0.15) is 18.9 Å². The monoisotopic (exact) mass is 310 g/mol. The lowest BCUT2D eigenvalue weighted by molar-refractivity contribution is -0.159. The first kappa shape index (κ1) is 15.8. The normalized spacial score (nSPS) is 19.1. The van der Waals surface area contributed by atoms with Crippen LogP contribution in [0.5, 0.6) is 0 Å². The maximum Gasteiger partial charge on any atom is 0.323 e. The van der Waals surface area contributed by atoms with Crippen molar-refractivity contribution in [3.05, 3.63) is 34.9 Å². The molecule has 1 aliphatic rings. The zero-order valence-corrected chi connectivity index (χ0v) is 12.7. The molecule has 1 amide bonds. The lowest BCUT2D eigenvalue weighted by atomic mass is 10.1. The van der Waals surface area contributed by atoms with Crippen molar-refractivity contribution in [3.8, 4) is 0 Å². The number of nitrogens with one attached hydrogen (secondary N) is 1. The van der Waals surface area contributed by atoms with Gasteiger partial charge >= 0.3 is 5.97 Å². The molecule has 0 saturated carbocycles. The molecule has 5 nitrogen and oxygen atoms in total. The molecule has 1 aromatic carbocycles. The third kappa shape index (κ3) is 4.44. The van der Waals surface area contributed by atoms with E-state index in [0.717, 1.165) is 12.1 Å². The first-order valence-electron chi connectivity index (χ1n) is 7.02. The number of cyclic esters (lactones) is 1. The Bertz CT molecular complexity index is 504. The second kappa shape index (κ2) is 7.43. The van der Waals surface area contributed by atoms with Gasteiger partial charge in [-0.25, -0.2) is 0 Å². The number of ether oxygens (including phenoxy) is 1. The van der Waals surface area contributed by atoms with E-state index in [0.29, 0.717) is 24.7 Å². The molecule has 2 rings (SSSR count). The van der Waals surface area contributed by atoms with E-state index in [1.54, 1.807) is 12.1 Å². The number of amides is 1. The molecular weight excluding hydrogens is 292 g/mol. The minimum Gasteiger partial charge on any atom is -0.463 e. The van der Waals surface area contributed by atoms with Gasteiger partial charge in [-0.3, -0.25) is 14.5 Å². The van der Waals surface area contributed by atoms with Gasteiger partial charge in [0.15, 0.2) is 0 Å². The van der Waals surface area contributed by atoms with E-state index in [1.807, 2.05) is 24.0 Å². The van der Waals surface area contributed by atoms with Crippen molar-refractivity contribution in [2.75, 3.05) is 19.7 Å². The quantitative estimate of drug-likeness (QED) is 0.839. The average Bonchev–Trinajstić information content (AvgIpc) is 2.49. The Balaban J connectivity index is 1.85. The van der Waals surface area contributed by atoms with Crippen LogP contribution in [0.3, 0.4) is 0 Å². The molecule has 1 heterocycles. The summed E-state index contributed by atoms with van der Waals surface area (Å²) in [6.07, 6.45) is 0.125. The molecule has 1 unspecified atom stereocenters. The number of carbonyl (C=O) groups excluding carboxylic acids is 2. The number of hydrogen-bond acceptors (Lipinski definition) is 4. The highest BCUT2D eigenvalue weighted by Crippen LogP contribution is 2.12. The summed E-state index contributed by atoms with van der Waals surface area (Å²) in [5, 5.41) is 3.48. The van der Waals surface area contributed by atoms with Crippen molar-refractivity contribution in [1.82, 2.24) is 10.2 Å². The summed E-state index contributed by atoms with van der Waals surface area (Å²) in [5.74, 6) is -0.475. The second-order valence-electron chi connectivity index (χ2n) is 4.92. The van der Waals surface area contributed by atoms with Crippen molar-refractivity contribution < 1.29 is 14.3 Å². The van der Waals surface area contributed by atoms with Gasteiger partial charge in [-0.15, -0.1) is 0 Å². The first-order valence-corrected chi connectivity index (χ1v) is 7.39. The van der Waals surface area contributed by atoms with Crippen LogP contribution in [-0.2, 0) is 20.9 Å². The van der Waals surface area contributed by atoms with Crippen molar-refractivity contribution in [3.63, 3.8) is 0 Å². The predicted molar refractivity (Wildman–Crippen MR) is 79.9 cm³/mol. The Kier molecular flexibility index (Phi) is 5.59. The van der Waals surface area contributed by atoms with Gasteiger partial charge in [-0.05, 0) is 24.2 Å². The Labute approximate surface area is 129 Å². The fraction of sp³-hybridized carbons (Fsp3) is 0.467. The number of hydrogen-bond donors (Lipinski definition) is 1. The number of nitrogens with zero attached hydrogens (tertiary/aromatic N) is 1. The molecule has 0 aromatic heterocycles. The molecule has 1 atom stereocenters. The molecule has 1 aliphatic heterocycles. The molecule has 1 fully saturated rings. The van der Waals surface area contributed by atoms with Gasteiger partial charge in [-0.1, -0.05) is 30.7 Å². The largest absolute Gasteiger partial charge is 0.463 e. The van der Waals surface area contributed by atoms with E-state index in [1.165, 1.54) is 0 Å². The van der Waals surface area contributed by atoms with Crippen LogP contribution < -0.4 is 5.32 Å². The molecule has 1 saturated heterocycles. The van der Waals surface area contributed by atoms with Crippen LogP contribution >= 0.6 is 11.6 Å². The number of rotatable bonds is 5. The minimum atomic E-state index is -0.478. The summed E-state index contributed by atoms with van der Waals surface area (Å²) in [6.45, 7) is 4.19. The van der Waals surface area contributed by atoms with E-state index in [9.17, 15) is 9.59 Å². The van der Waals surface area contributed by atoms with E-state index in [2.05, 4.69) is 5.32 Å². The highest BCUT2D eigenvalue weighted by atomic mass is 35.5. The Morgan fingerprint density at radius 1 is 1.43 bits per heavy atom. The molecule has 0 radical (unpaired) electrons. The Hall–Kier alpha value is -1.59. The molecule has 0 bridgehead atoms. The summed E-state index contributed by atoms with van der Waals surface area (Å²) < 4.78 is 5.02. The lowest BCUT2D eigenvalue weighted by Crippen LogP contribution is -2.50. The predicted octanol–water partition coefficient (Wildman–Crippen LogP) is 1.59. The van der Waals surface area contributed by atoms with Gasteiger partial charge in [0, 0.05) is 18.1 Å². The molecule has 0 aliphatic carbocycles. The van der Waals surface area contributed by atoms with Gasteiger partial charge < -0.3 is 10.1 Å². The van der Waals surface area contributed by atoms with Crippen LogP contribution in [0.15, 0.2) is 24.3 Å². The third-order valence-corrected chi connectivity index (χ3v) is 3.78. The number of benzene rings is 1. The highest BCUT2D eigenvalue weighted by molar-refractivity contribution is 6.30. The van der Waals surface area contributed by atoms with E-state index in [4.69, 9.17) is 16.3 Å². The van der Waals surface area contributed by atoms with Gasteiger partial charge in [0.05, 0.1) is 6.42 Å². The third-order valence-electron chi connectivity index (χ3n) is 3.52. The van der Waals surface area contributed by atoms with Crippen molar-refractivity contribution in [2.45, 2.75) is 25.9 Å². The first-order chi connectivity index (χ1) is 10.1. The minimum absolute atomic E-state index is 0.125. The Morgan fingerprint density at radius 2 is 2.14 bits per heavy atom. The number of morpholine rings is 1. The molecule has 0 spiro atoms. The smallest absolute Gasteiger partial charge is 0.323 e. The fourth-order valence-corrected chi connectivity index (χ4v) is 2.43. The van der Waals surface area contributed by atoms with Crippen LogP contribution in [0, 0.1) is 0 Å². The molecular formula is C15H19ClN2O3. The molecule has 21 heavy (non-hydrogen) atoms. The van der Waals surface area contributed by atoms with Gasteiger partial charge in [-0.2, -0.15) is 0 Å². The van der Waals surface area contributed by atoms with Crippen molar-refractivity contribution >= 4 is 23.5 Å². The topological polar surface area (TPSA) is 58.6 Å². The molecule has 1 N–H and O–H groups in total. The van der Waals surface area contributed by atoms with E-state index < -0.39 is 6.04 Å². The number of esters is 1. The van der Waals surface area contributed by atoms with E-state index in [-0.39, 0.29) is 18.3 Å². The van der Waals surface area contributed by atoms with Crippen LogP contribution in [-0.4, -0.2) is 42.5 Å². The van der Waals surface area contributed by atoms with Gasteiger partial charge in [0.25, 0.3) is 0 Å². The maximum atomic E-state index is 12.0. The average molecular weight is 311 g/mol. The summed E-state index contributed by atoms with van der Waals surface area (Å²) in [7, 11) is 0. The maximum absolute atomic E-state index is 12.0. The number of likely N-dealkylation sites (N-methyl/N-ethyl adjacent to an activating group) is 1. The lowest BCUT2D eigenvalue weighted by Gasteiger charge is -2.32. The van der Waals surface area contributed by atoms with E-state index >= 15 is 0 Å². The van der Waals surface area contributed by atoms with Crippen LogP contribution in [0.2, 0.25) is 5.02 Å². The van der Waals surface area contributed by atoms with Gasteiger partial charge in [0.1, 0.15) is 12.6 Å². The van der Waals surface area contributed by atoms with Crippen LogP contribution in [0.4, 0.5) is 0 Å².